The van der Waals surface area contributed by atoms with Crippen molar-refractivity contribution in [1.82, 2.24) is 21.3 Å². The van der Waals surface area contributed by atoms with Gasteiger partial charge in [-0.3, -0.25) is 9.59 Å². The second kappa shape index (κ2) is 28.4. The number of hydrogen-bond donors (Lipinski definition) is 10. The van der Waals surface area contributed by atoms with Gasteiger partial charge in [0.2, 0.25) is 0 Å². The number of fused-ring (bicyclic) bond motifs is 3. The molecule has 0 bridgehead atoms. The number of aryl methyl sites for hydroxylation is 4. The van der Waals surface area contributed by atoms with Gasteiger partial charge in [0.15, 0.2) is 23.2 Å². The van der Waals surface area contributed by atoms with E-state index in [-0.39, 0.29) is 76.5 Å². The van der Waals surface area contributed by atoms with Gasteiger partial charge in [0.1, 0.15) is 5.78 Å². The summed E-state index contributed by atoms with van der Waals surface area (Å²) in [7, 11) is 1.49. The number of nitrogens with one attached hydrogen (secondary N) is 4. The molecule has 4 aliphatic heterocycles. The van der Waals surface area contributed by atoms with E-state index in [1.165, 1.54) is 53.9 Å². The standard InChI is InChI=1S/C79H102N8O6/c1-48(89)68-36-57-37-69(87-77(81)82)64(24-21-50-13-7-4-8-14-50)65-26-28-79(75(57)65)72-25-22-53(42-78(72,44-73(79)86-68)43-67-63-27-30-83-45-59(63)33-55-17-10-29-84-76(55)67)32-61(90)40-62(91)35-60(47-88)66-41-71(93-2)70(92)38-56(66)34-58-46-85-74(80)39-54(58)23-20-52-16-9-15-51(31-52)19-18-49-11-5-3-6-12-49/h3-17,31,35-36,38-39,41,46,48,53,55,59,63-65,67-69,72-76,83-86,88-89,92H,18-30,32-34,37,40,42-45,47,80H2,1-2H3,(H4,81,82,87)/b60-35+/t48-,53+,55-,59-,63+,64+,65+,67-,68-,69-,72-,73+,74?,75-,76+,78-,79-/m0/s1. The van der Waals surface area contributed by atoms with Gasteiger partial charge >= 0.3 is 0 Å². The summed E-state index contributed by atoms with van der Waals surface area (Å²) in [5.74, 6) is 3.58. The van der Waals surface area contributed by atoms with Crippen LogP contribution in [0.1, 0.15) is 130 Å². The quantitative estimate of drug-likeness (QED) is 0.0109. The van der Waals surface area contributed by atoms with Crippen molar-refractivity contribution in [2.45, 2.75) is 165 Å². The number of dihydropyridines is 1. The molecule has 5 aliphatic carbocycles. The molecule has 4 aromatic rings. The Balaban J connectivity index is 0.761. The molecule has 1 saturated heterocycles. The molecule has 93 heavy (non-hydrogen) atoms. The number of allylic oxidation sites excluding steroid dienone is 3. The summed E-state index contributed by atoms with van der Waals surface area (Å²) in [6.45, 7) is 4.47. The van der Waals surface area contributed by atoms with Crippen molar-refractivity contribution >= 4 is 23.1 Å². The molecule has 9 aliphatic rings. The Hall–Kier alpha value is -6.65. The van der Waals surface area contributed by atoms with Crippen molar-refractivity contribution in [2.24, 2.45) is 86.3 Å². The minimum absolute atomic E-state index is 0.0397. The third-order valence-electron chi connectivity index (χ3n) is 24.4. The first-order valence-electron chi connectivity index (χ1n) is 35.3. The maximum Gasteiger partial charge on any atom is 0.186 e. The maximum atomic E-state index is 14.8. The molecule has 0 radical (unpaired) electrons. The number of carbonyl (C=O) groups is 2. The monoisotopic (exact) mass is 1260 g/mol. The summed E-state index contributed by atoms with van der Waals surface area (Å²) in [5, 5.41) is 49.7. The fourth-order valence-corrected chi connectivity index (χ4v) is 20.8. The first-order chi connectivity index (χ1) is 45.2. The van der Waals surface area contributed by atoms with Gasteiger partial charge in [0, 0.05) is 31.2 Å². The number of piperidine rings is 1. The first-order valence-corrected chi connectivity index (χ1v) is 35.3. The SMILES string of the molecule is COc1cc(/C(=C/C(=O)CC(=O)C[C@H]2CC[C@H]3[C@](C[C@H]4[C@@H]5CCNC[C@@H]5C[C@@H]5C=CCN[C@@H]45)(C2)C[C@H]2N[C@H]([C@H](C)O)C=C4C[C@H](N=C(N)N)[C@H](CCc5ccccc5)[C@H]5CC[C@@]23[C@@H]45)CO)c(CC2=CNC(N)C=C2CCc2cccc(CCc3ccccc3)c2)cc1O. The number of phenolic OH excluding ortho intramolecular Hbond substituents is 1. The van der Waals surface area contributed by atoms with Crippen molar-refractivity contribution in [3.05, 3.63) is 184 Å². The molecule has 5 saturated carbocycles. The van der Waals surface area contributed by atoms with Crippen LogP contribution in [0.4, 0.5) is 0 Å². The highest BCUT2D eigenvalue weighted by molar-refractivity contribution is 6.08. The lowest BCUT2D eigenvalue weighted by Crippen LogP contribution is -2.57. The molecule has 13 rings (SSSR count). The zero-order valence-corrected chi connectivity index (χ0v) is 54.9. The summed E-state index contributed by atoms with van der Waals surface area (Å²) in [6, 6.07) is 33.9. The number of carbonyl (C=O) groups excluding carboxylic acids is 2. The minimum atomic E-state index is -0.599. The second-order valence-corrected chi connectivity index (χ2v) is 29.8. The van der Waals surface area contributed by atoms with Crippen LogP contribution in [0.3, 0.4) is 0 Å². The molecule has 6 fully saturated rings. The Bertz CT molecular complexity index is 3520. The van der Waals surface area contributed by atoms with Crippen LogP contribution in [-0.4, -0.2) is 103 Å². The van der Waals surface area contributed by atoms with Crippen LogP contribution in [0.2, 0.25) is 0 Å². The molecule has 4 heterocycles. The fourth-order valence-electron chi connectivity index (χ4n) is 20.8. The predicted molar refractivity (Wildman–Crippen MR) is 370 cm³/mol. The highest BCUT2D eigenvalue weighted by Crippen LogP contribution is 2.75. The summed E-state index contributed by atoms with van der Waals surface area (Å²) < 4.78 is 5.64. The highest BCUT2D eigenvalue weighted by Gasteiger charge is 2.71. The Labute approximate surface area is 551 Å². The zero-order valence-electron chi connectivity index (χ0n) is 54.9. The Morgan fingerprint density at radius 3 is 2.35 bits per heavy atom. The van der Waals surface area contributed by atoms with Gasteiger partial charge in [-0.15, -0.1) is 0 Å². The summed E-state index contributed by atoms with van der Waals surface area (Å²) in [5.41, 5.74) is 29.3. The number of phenols is 1. The van der Waals surface area contributed by atoms with Crippen LogP contribution in [0.5, 0.6) is 11.5 Å². The lowest BCUT2D eigenvalue weighted by atomic mass is 9.49. The molecular weight excluding hydrogens is 1160 g/mol. The van der Waals surface area contributed by atoms with E-state index in [9.17, 15) is 24.9 Å². The number of ether oxygens (including phenoxy) is 1. The van der Waals surface area contributed by atoms with Gasteiger partial charge in [0.05, 0.1) is 44.5 Å². The molecule has 0 amide bonds. The predicted octanol–water partition coefficient (Wildman–Crippen LogP) is 9.89. The van der Waals surface area contributed by atoms with Crippen LogP contribution >= 0.6 is 0 Å². The number of hydrogen-bond acceptors (Lipinski definition) is 12. The van der Waals surface area contributed by atoms with Gasteiger partial charge in [0.25, 0.3) is 0 Å². The molecule has 0 aromatic heterocycles. The number of methoxy groups -OCH3 is 1. The van der Waals surface area contributed by atoms with Gasteiger partial charge in [-0.1, -0.05) is 109 Å². The molecule has 14 heteroatoms. The van der Waals surface area contributed by atoms with Crippen molar-refractivity contribution in [3.63, 3.8) is 0 Å². The average molecular weight is 1260 g/mol. The molecule has 1 unspecified atom stereocenters. The minimum Gasteiger partial charge on any atom is -0.504 e. The lowest BCUT2D eigenvalue weighted by molar-refractivity contribution is -0.126. The van der Waals surface area contributed by atoms with Crippen molar-refractivity contribution in [3.8, 4) is 11.5 Å². The highest BCUT2D eigenvalue weighted by atomic mass is 16.5. The van der Waals surface area contributed by atoms with E-state index in [1.54, 1.807) is 12.1 Å². The number of ketones is 2. The number of rotatable bonds is 23. The van der Waals surface area contributed by atoms with Crippen molar-refractivity contribution < 1.29 is 29.6 Å². The van der Waals surface area contributed by atoms with E-state index in [4.69, 9.17) is 26.9 Å². The maximum absolute atomic E-state index is 14.8. The number of aromatic hydroxyl groups is 1. The van der Waals surface area contributed by atoms with E-state index in [0.717, 1.165) is 121 Å². The van der Waals surface area contributed by atoms with E-state index in [2.05, 4.69) is 124 Å². The van der Waals surface area contributed by atoms with E-state index in [1.807, 2.05) is 19.2 Å². The molecule has 494 valence electrons. The number of Topliss-reactive ketones (excluding diaryl/α,β-unsaturated/α-hetero) is 1. The van der Waals surface area contributed by atoms with Crippen LogP contribution < -0.4 is 43.2 Å². The van der Waals surface area contributed by atoms with Crippen LogP contribution in [0.25, 0.3) is 5.57 Å². The molecule has 14 nitrogen and oxygen atoms in total. The number of aliphatic hydroxyl groups excluding tert-OH is 2. The third kappa shape index (κ3) is 13.8. The topological polar surface area (TPSA) is 243 Å². The molecule has 13 N–H and O–H groups in total. The van der Waals surface area contributed by atoms with E-state index in [0.29, 0.717) is 82.9 Å². The number of nitrogens with two attached hydrogens (primary N) is 3. The Kier molecular flexibility index (Phi) is 19.8. The first kappa shape index (κ1) is 65.0. The number of nitrogens with zero attached hydrogens (tertiary/aromatic N) is 1. The van der Waals surface area contributed by atoms with Crippen molar-refractivity contribution in [2.75, 3.05) is 33.4 Å². The zero-order chi connectivity index (χ0) is 64.4. The van der Waals surface area contributed by atoms with Crippen LogP contribution in [0, 0.1) is 64.1 Å². The Morgan fingerprint density at radius 1 is 0.849 bits per heavy atom. The third-order valence-corrected chi connectivity index (χ3v) is 24.4. The largest absolute Gasteiger partial charge is 0.504 e. The molecule has 4 aromatic carbocycles. The second-order valence-electron chi connectivity index (χ2n) is 29.8. The van der Waals surface area contributed by atoms with Gasteiger partial charge in [-0.2, -0.15) is 0 Å². The normalized spacial score (nSPS) is 33.0. The van der Waals surface area contributed by atoms with Crippen molar-refractivity contribution in [1.29, 1.82) is 0 Å². The molecule has 1 spiro atoms. The van der Waals surface area contributed by atoms with Gasteiger partial charge in [-0.05, 0) is 268 Å². The number of aliphatic imine (C=N–C) groups is 1. The summed E-state index contributed by atoms with van der Waals surface area (Å²) in [4.78, 5) is 34.4. The van der Waals surface area contributed by atoms with E-state index >= 15 is 0 Å². The summed E-state index contributed by atoms with van der Waals surface area (Å²) in [6.07, 6.45) is 28.0. The van der Waals surface area contributed by atoms with Gasteiger partial charge in [-0.25, -0.2) is 4.99 Å². The lowest BCUT2D eigenvalue weighted by Gasteiger charge is -2.56. The van der Waals surface area contributed by atoms with Crippen LogP contribution in [-0.2, 0) is 41.7 Å². The number of aliphatic hydroxyl groups is 2. The molecule has 17 atom stereocenters. The average Bonchev–Trinajstić information content (AvgIpc) is 1.52. The van der Waals surface area contributed by atoms with Crippen LogP contribution in [0.15, 0.2) is 155 Å². The fraction of sp³-hybridized carbons (Fsp3) is 0.532. The molecular formula is C79H102N8O6. The number of benzene rings is 4. The summed E-state index contributed by atoms with van der Waals surface area (Å²) >= 11 is 0. The smallest absolute Gasteiger partial charge is 0.186 e. The number of guanidine groups is 1. The van der Waals surface area contributed by atoms with E-state index < -0.39 is 12.7 Å². The van der Waals surface area contributed by atoms with Gasteiger partial charge < -0.3 is 58.5 Å². The Morgan fingerprint density at radius 2 is 1.60 bits per heavy atom.